The molecule has 1 N–H and O–H groups in total. The minimum Gasteiger partial charge on any atom is -0.381 e. The molecule has 0 bridgehead atoms. The summed E-state index contributed by atoms with van der Waals surface area (Å²) in [5.74, 6) is 0.368. The number of hydrogen-bond acceptors (Lipinski definition) is 3. The molecule has 0 spiro atoms. The van der Waals surface area contributed by atoms with Gasteiger partial charge in [0.2, 0.25) is 0 Å². The molecule has 1 aliphatic heterocycles. The Morgan fingerprint density at radius 2 is 2.00 bits per heavy atom. The number of rotatable bonds is 3. The largest absolute Gasteiger partial charge is 0.381 e. The third-order valence-electron chi connectivity index (χ3n) is 1.89. The van der Waals surface area contributed by atoms with Gasteiger partial charge in [-0.25, -0.2) is 4.72 Å². The Hall–Kier alpha value is 0.160. The molecular formula is C6H12ClNO3S. The van der Waals surface area contributed by atoms with Crippen LogP contribution in [0.25, 0.3) is 0 Å². The molecule has 0 amide bonds. The quantitative estimate of drug-likeness (QED) is 0.695. The Balaban J connectivity index is 2.22. The second-order valence-corrected chi connectivity index (χ2v) is 5.23. The molecule has 1 saturated heterocycles. The summed E-state index contributed by atoms with van der Waals surface area (Å²) in [5, 5.41) is 0. The molecule has 1 rings (SSSR count). The van der Waals surface area contributed by atoms with Crippen LogP contribution in [0.2, 0.25) is 0 Å². The Kier molecular flexibility index (Phi) is 3.77. The molecule has 1 aliphatic rings. The molecule has 0 aromatic heterocycles. The van der Waals surface area contributed by atoms with Gasteiger partial charge in [0, 0.05) is 30.4 Å². The van der Waals surface area contributed by atoms with E-state index in [0.29, 0.717) is 25.7 Å². The van der Waals surface area contributed by atoms with E-state index in [1.165, 1.54) is 0 Å². The summed E-state index contributed by atoms with van der Waals surface area (Å²) in [4.78, 5) is 0. The van der Waals surface area contributed by atoms with Crippen LogP contribution in [0.1, 0.15) is 12.8 Å². The zero-order chi connectivity index (χ0) is 9.03. The maximum absolute atomic E-state index is 10.5. The van der Waals surface area contributed by atoms with Crippen molar-refractivity contribution >= 4 is 19.9 Å². The zero-order valence-corrected chi connectivity index (χ0v) is 8.20. The van der Waals surface area contributed by atoms with E-state index in [1.807, 2.05) is 0 Å². The molecule has 0 radical (unpaired) electrons. The van der Waals surface area contributed by atoms with Crippen LogP contribution in [0.3, 0.4) is 0 Å². The van der Waals surface area contributed by atoms with Gasteiger partial charge in [-0.05, 0) is 18.8 Å². The Morgan fingerprint density at radius 3 is 2.50 bits per heavy atom. The molecule has 0 aromatic carbocycles. The highest BCUT2D eigenvalue weighted by atomic mass is 35.7. The third kappa shape index (κ3) is 4.25. The van der Waals surface area contributed by atoms with E-state index >= 15 is 0 Å². The van der Waals surface area contributed by atoms with E-state index in [2.05, 4.69) is 4.72 Å². The van der Waals surface area contributed by atoms with Crippen molar-refractivity contribution in [1.82, 2.24) is 4.72 Å². The first-order valence-electron chi connectivity index (χ1n) is 3.85. The lowest BCUT2D eigenvalue weighted by Crippen LogP contribution is -2.29. The van der Waals surface area contributed by atoms with Crippen LogP contribution in [0.15, 0.2) is 0 Å². The van der Waals surface area contributed by atoms with Gasteiger partial charge in [-0.2, -0.15) is 8.42 Å². The van der Waals surface area contributed by atoms with Gasteiger partial charge < -0.3 is 4.74 Å². The van der Waals surface area contributed by atoms with Crippen molar-refractivity contribution in [3.05, 3.63) is 0 Å². The maximum Gasteiger partial charge on any atom is 0.297 e. The molecule has 0 atom stereocenters. The van der Waals surface area contributed by atoms with Crippen molar-refractivity contribution in [3.8, 4) is 0 Å². The van der Waals surface area contributed by atoms with Gasteiger partial charge in [0.1, 0.15) is 0 Å². The van der Waals surface area contributed by atoms with E-state index in [4.69, 9.17) is 15.4 Å². The van der Waals surface area contributed by atoms with Crippen molar-refractivity contribution < 1.29 is 13.2 Å². The van der Waals surface area contributed by atoms with E-state index in [1.54, 1.807) is 0 Å². The number of ether oxygens (including phenoxy) is 1. The molecule has 72 valence electrons. The summed E-state index contributed by atoms with van der Waals surface area (Å²) in [6, 6.07) is 0. The fourth-order valence-corrected chi connectivity index (χ4v) is 1.79. The standard InChI is InChI=1S/C6H12ClNO3S/c7-12(9,10)8-5-6-1-3-11-4-2-6/h6,8H,1-5H2. The Labute approximate surface area is 76.8 Å². The Morgan fingerprint density at radius 1 is 1.42 bits per heavy atom. The highest BCUT2D eigenvalue weighted by Gasteiger charge is 2.15. The van der Waals surface area contributed by atoms with Crippen molar-refractivity contribution in [3.63, 3.8) is 0 Å². The fourth-order valence-electron chi connectivity index (χ4n) is 1.17. The Bertz CT molecular complexity index is 223. The number of halogens is 1. The van der Waals surface area contributed by atoms with Crippen LogP contribution in [0, 0.1) is 5.92 Å². The molecule has 0 aliphatic carbocycles. The smallest absolute Gasteiger partial charge is 0.297 e. The average molecular weight is 214 g/mol. The zero-order valence-electron chi connectivity index (χ0n) is 6.62. The monoisotopic (exact) mass is 213 g/mol. The van der Waals surface area contributed by atoms with Crippen LogP contribution >= 0.6 is 10.7 Å². The first kappa shape index (κ1) is 10.2. The van der Waals surface area contributed by atoms with Gasteiger partial charge in [0.15, 0.2) is 0 Å². The van der Waals surface area contributed by atoms with Crippen LogP contribution in [0.4, 0.5) is 0 Å². The minimum atomic E-state index is -3.54. The molecule has 1 fully saturated rings. The highest BCUT2D eigenvalue weighted by molar-refractivity contribution is 8.12. The van der Waals surface area contributed by atoms with Gasteiger partial charge in [-0.1, -0.05) is 0 Å². The third-order valence-corrected chi connectivity index (χ3v) is 2.72. The number of nitrogens with one attached hydrogen (secondary N) is 1. The van der Waals surface area contributed by atoms with E-state index in [9.17, 15) is 8.42 Å². The normalized spacial score (nSPS) is 21.1. The van der Waals surface area contributed by atoms with Crippen molar-refractivity contribution in [2.24, 2.45) is 5.92 Å². The summed E-state index contributed by atoms with van der Waals surface area (Å²) in [5.41, 5.74) is 0. The highest BCUT2D eigenvalue weighted by Crippen LogP contribution is 2.13. The summed E-state index contributed by atoms with van der Waals surface area (Å²) < 4.78 is 28.4. The summed E-state index contributed by atoms with van der Waals surface area (Å²) >= 11 is 0. The van der Waals surface area contributed by atoms with Crippen LogP contribution in [-0.4, -0.2) is 28.2 Å². The molecule has 0 aromatic rings. The average Bonchev–Trinajstić information content (AvgIpc) is 2.02. The van der Waals surface area contributed by atoms with Crippen molar-refractivity contribution in [2.75, 3.05) is 19.8 Å². The lowest BCUT2D eigenvalue weighted by molar-refractivity contribution is 0.0678. The minimum absolute atomic E-state index is 0.368. The summed E-state index contributed by atoms with van der Waals surface area (Å²) in [7, 11) is 1.44. The van der Waals surface area contributed by atoms with Crippen LogP contribution in [0.5, 0.6) is 0 Å². The van der Waals surface area contributed by atoms with Gasteiger partial charge in [0.05, 0.1) is 0 Å². The molecule has 4 nitrogen and oxygen atoms in total. The van der Waals surface area contributed by atoms with Gasteiger partial charge in [-0.3, -0.25) is 0 Å². The van der Waals surface area contributed by atoms with E-state index in [-0.39, 0.29) is 0 Å². The SMILES string of the molecule is O=S(=O)(Cl)NCC1CCOCC1. The number of hydrogen-bond donors (Lipinski definition) is 1. The molecular weight excluding hydrogens is 202 g/mol. The fraction of sp³-hybridized carbons (Fsp3) is 1.00. The predicted octanol–water partition coefficient (Wildman–Crippen LogP) is 0.486. The van der Waals surface area contributed by atoms with E-state index in [0.717, 1.165) is 12.8 Å². The molecule has 0 unspecified atom stereocenters. The van der Waals surface area contributed by atoms with Crippen LogP contribution < -0.4 is 4.72 Å². The lowest BCUT2D eigenvalue weighted by atomic mass is 10.0. The molecule has 0 saturated carbocycles. The maximum atomic E-state index is 10.5. The first-order chi connectivity index (χ1) is 5.58. The van der Waals surface area contributed by atoms with Crippen molar-refractivity contribution in [1.29, 1.82) is 0 Å². The van der Waals surface area contributed by atoms with Crippen molar-refractivity contribution in [2.45, 2.75) is 12.8 Å². The molecule has 12 heavy (non-hydrogen) atoms. The second-order valence-electron chi connectivity index (χ2n) is 2.84. The lowest BCUT2D eigenvalue weighted by Gasteiger charge is -2.21. The van der Waals surface area contributed by atoms with E-state index < -0.39 is 9.24 Å². The van der Waals surface area contributed by atoms with Crippen LogP contribution in [-0.2, 0) is 14.0 Å². The van der Waals surface area contributed by atoms with Gasteiger partial charge in [-0.15, -0.1) is 0 Å². The second kappa shape index (κ2) is 4.41. The molecule has 1 heterocycles. The summed E-state index contributed by atoms with van der Waals surface area (Å²) in [6.45, 7) is 1.86. The topological polar surface area (TPSA) is 55.4 Å². The van der Waals surface area contributed by atoms with Gasteiger partial charge in [0.25, 0.3) is 9.24 Å². The predicted molar refractivity (Wildman–Crippen MR) is 46.3 cm³/mol. The molecule has 6 heteroatoms. The first-order valence-corrected chi connectivity index (χ1v) is 6.16. The summed E-state index contributed by atoms with van der Waals surface area (Å²) in [6.07, 6.45) is 1.80. The van der Waals surface area contributed by atoms with Gasteiger partial charge >= 0.3 is 0 Å².